The van der Waals surface area contributed by atoms with Crippen LogP contribution in [0.15, 0.2) is 0 Å². The number of rotatable bonds is 8. The van der Waals surface area contributed by atoms with Gasteiger partial charge < -0.3 is 5.32 Å². The van der Waals surface area contributed by atoms with Gasteiger partial charge in [0.2, 0.25) is 10.0 Å². The summed E-state index contributed by atoms with van der Waals surface area (Å²) in [4.78, 5) is 0. The van der Waals surface area contributed by atoms with Gasteiger partial charge in [-0.15, -0.1) is 0 Å². The van der Waals surface area contributed by atoms with Crippen LogP contribution in [0.5, 0.6) is 0 Å². The quantitative estimate of drug-likeness (QED) is 0.682. The average molecular weight is 266 g/mol. The molecule has 2 N–H and O–H groups in total. The monoisotopic (exact) mass is 266 g/mol. The van der Waals surface area contributed by atoms with Crippen molar-refractivity contribution in [1.82, 2.24) is 10.0 Å². The molecule has 2 unspecified atom stereocenters. The first-order valence-corrected chi connectivity index (χ1v) is 8.53. The summed E-state index contributed by atoms with van der Waals surface area (Å²) in [7, 11) is -3.16. The molecule has 0 aromatic carbocycles. The summed E-state index contributed by atoms with van der Waals surface area (Å²) in [6, 6.07) is 0.558. The Kier molecular flexibility index (Phi) is 5.56. The van der Waals surface area contributed by atoms with E-state index in [9.17, 15) is 8.42 Å². The highest BCUT2D eigenvalue weighted by molar-refractivity contribution is 7.99. The van der Waals surface area contributed by atoms with Gasteiger partial charge in [0.15, 0.2) is 0 Å². The summed E-state index contributed by atoms with van der Waals surface area (Å²) in [5.74, 6) is 0. The molecule has 0 bridgehead atoms. The van der Waals surface area contributed by atoms with Crippen molar-refractivity contribution in [3.63, 3.8) is 0 Å². The van der Waals surface area contributed by atoms with E-state index in [0.29, 0.717) is 24.4 Å². The maximum absolute atomic E-state index is 11.8. The SMILES string of the molecule is CSC(C)CNS(=O)(=O)C(C)CNC1CC1. The van der Waals surface area contributed by atoms with E-state index in [2.05, 4.69) is 10.0 Å². The van der Waals surface area contributed by atoms with Gasteiger partial charge in [-0.25, -0.2) is 13.1 Å². The molecular weight excluding hydrogens is 244 g/mol. The topological polar surface area (TPSA) is 58.2 Å². The lowest BCUT2D eigenvalue weighted by molar-refractivity contribution is 0.557. The molecule has 0 spiro atoms. The number of thioether (sulfide) groups is 1. The molecule has 1 saturated carbocycles. The van der Waals surface area contributed by atoms with Crippen LogP contribution in [0.25, 0.3) is 0 Å². The summed E-state index contributed by atoms with van der Waals surface area (Å²) in [5.41, 5.74) is 0. The first kappa shape index (κ1) is 14.3. The molecule has 0 saturated heterocycles. The zero-order valence-electron chi connectivity index (χ0n) is 10.2. The highest BCUT2D eigenvalue weighted by atomic mass is 32.2. The lowest BCUT2D eigenvalue weighted by atomic mass is 10.4. The van der Waals surface area contributed by atoms with Crippen LogP contribution in [-0.2, 0) is 10.0 Å². The molecule has 2 atom stereocenters. The molecule has 96 valence electrons. The van der Waals surface area contributed by atoms with Crippen LogP contribution >= 0.6 is 11.8 Å². The van der Waals surface area contributed by atoms with Gasteiger partial charge in [0.05, 0.1) is 5.25 Å². The van der Waals surface area contributed by atoms with Crippen molar-refractivity contribution >= 4 is 21.8 Å². The van der Waals surface area contributed by atoms with Crippen molar-refractivity contribution in [2.75, 3.05) is 19.3 Å². The van der Waals surface area contributed by atoms with Crippen LogP contribution in [-0.4, -0.2) is 44.3 Å². The third-order valence-corrected chi connectivity index (χ3v) is 5.54. The van der Waals surface area contributed by atoms with Crippen molar-refractivity contribution in [2.24, 2.45) is 0 Å². The van der Waals surface area contributed by atoms with E-state index in [1.807, 2.05) is 13.2 Å². The average Bonchev–Trinajstić information content (AvgIpc) is 3.06. The molecule has 16 heavy (non-hydrogen) atoms. The molecule has 0 amide bonds. The van der Waals surface area contributed by atoms with Gasteiger partial charge in [0.1, 0.15) is 0 Å². The van der Waals surface area contributed by atoms with Crippen molar-refractivity contribution in [3.05, 3.63) is 0 Å². The van der Waals surface area contributed by atoms with Crippen LogP contribution in [0.3, 0.4) is 0 Å². The zero-order valence-corrected chi connectivity index (χ0v) is 11.8. The maximum atomic E-state index is 11.8. The van der Waals surface area contributed by atoms with Crippen LogP contribution in [0.4, 0.5) is 0 Å². The van der Waals surface area contributed by atoms with Crippen LogP contribution in [0.1, 0.15) is 26.7 Å². The first-order valence-electron chi connectivity index (χ1n) is 5.70. The molecule has 0 aromatic heterocycles. The van der Waals surface area contributed by atoms with E-state index >= 15 is 0 Å². The van der Waals surface area contributed by atoms with Crippen molar-refractivity contribution < 1.29 is 8.42 Å². The smallest absolute Gasteiger partial charge is 0.215 e. The van der Waals surface area contributed by atoms with E-state index in [-0.39, 0.29) is 5.25 Å². The molecule has 0 heterocycles. The molecule has 1 rings (SSSR count). The number of sulfonamides is 1. The normalized spacial score (nSPS) is 20.7. The summed E-state index contributed by atoms with van der Waals surface area (Å²) in [5, 5.41) is 3.20. The molecule has 4 nitrogen and oxygen atoms in total. The number of hydrogen-bond donors (Lipinski definition) is 2. The van der Waals surface area contributed by atoms with Gasteiger partial charge >= 0.3 is 0 Å². The lowest BCUT2D eigenvalue weighted by Crippen LogP contribution is -2.41. The van der Waals surface area contributed by atoms with Crippen LogP contribution in [0.2, 0.25) is 0 Å². The van der Waals surface area contributed by atoms with Crippen molar-refractivity contribution in [1.29, 1.82) is 0 Å². The lowest BCUT2D eigenvalue weighted by Gasteiger charge is -2.16. The highest BCUT2D eigenvalue weighted by Gasteiger charge is 2.25. The van der Waals surface area contributed by atoms with E-state index in [4.69, 9.17) is 0 Å². The molecule has 1 aliphatic rings. The Labute approximate surface area is 103 Å². The Hall–Kier alpha value is 0.220. The standard InChI is InChI=1S/C10H22N2O2S2/c1-8(15-3)6-12-16(13,14)9(2)7-11-10-4-5-10/h8-12H,4-7H2,1-3H3. The van der Waals surface area contributed by atoms with Crippen molar-refractivity contribution in [2.45, 2.75) is 43.2 Å². The van der Waals surface area contributed by atoms with Gasteiger partial charge in [0, 0.05) is 24.4 Å². The molecule has 0 aromatic rings. The minimum atomic E-state index is -3.16. The van der Waals surface area contributed by atoms with E-state index in [1.165, 1.54) is 12.8 Å². The predicted molar refractivity (Wildman–Crippen MR) is 70.4 cm³/mol. The third-order valence-electron chi connectivity index (χ3n) is 2.78. The fraction of sp³-hybridized carbons (Fsp3) is 1.00. The summed E-state index contributed by atoms with van der Waals surface area (Å²) < 4.78 is 26.3. The molecule has 6 heteroatoms. The van der Waals surface area contributed by atoms with Crippen LogP contribution < -0.4 is 10.0 Å². The van der Waals surface area contributed by atoms with Gasteiger partial charge in [0.25, 0.3) is 0 Å². The molecule has 0 aliphatic heterocycles. The van der Waals surface area contributed by atoms with Gasteiger partial charge in [-0.2, -0.15) is 11.8 Å². The van der Waals surface area contributed by atoms with Gasteiger partial charge in [-0.3, -0.25) is 0 Å². The Morgan fingerprint density at radius 3 is 2.44 bits per heavy atom. The molecular formula is C10H22N2O2S2. The van der Waals surface area contributed by atoms with Crippen LogP contribution in [0, 0.1) is 0 Å². The summed E-state index contributed by atoms with van der Waals surface area (Å²) >= 11 is 1.66. The minimum Gasteiger partial charge on any atom is -0.313 e. The van der Waals surface area contributed by atoms with E-state index < -0.39 is 10.0 Å². The minimum absolute atomic E-state index is 0.318. The van der Waals surface area contributed by atoms with Crippen molar-refractivity contribution in [3.8, 4) is 0 Å². The van der Waals surface area contributed by atoms with E-state index in [1.54, 1.807) is 18.7 Å². The zero-order chi connectivity index (χ0) is 12.2. The summed E-state index contributed by atoms with van der Waals surface area (Å²) in [6.07, 6.45) is 4.35. The maximum Gasteiger partial charge on any atom is 0.215 e. The Morgan fingerprint density at radius 2 is 1.94 bits per heavy atom. The largest absolute Gasteiger partial charge is 0.313 e. The second-order valence-electron chi connectivity index (χ2n) is 4.43. The van der Waals surface area contributed by atoms with E-state index in [0.717, 1.165) is 0 Å². The highest BCUT2D eigenvalue weighted by Crippen LogP contribution is 2.18. The third kappa shape index (κ3) is 5.03. The molecule has 1 aliphatic carbocycles. The fourth-order valence-electron chi connectivity index (χ4n) is 1.19. The molecule has 1 fully saturated rings. The second-order valence-corrected chi connectivity index (χ2v) is 7.89. The van der Waals surface area contributed by atoms with Gasteiger partial charge in [-0.1, -0.05) is 6.92 Å². The number of nitrogens with one attached hydrogen (secondary N) is 2. The Bertz CT molecular complexity index is 302. The van der Waals surface area contributed by atoms with Gasteiger partial charge in [-0.05, 0) is 26.0 Å². The Morgan fingerprint density at radius 1 is 1.31 bits per heavy atom. The fourth-order valence-corrected chi connectivity index (χ4v) is 2.63. The Balaban J connectivity index is 2.29. The number of hydrogen-bond acceptors (Lipinski definition) is 4. The molecule has 0 radical (unpaired) electrons. The summed E-state index contributed by atoms with van der Waals surface area (Å²) in [6.45, 7) is 4.83. The predicted octanol–water partition coefficient (Wildman–Crippen LogP) is 0.798. The first-order chi connectivity index (χ1) is 7.45. The second kappa shape index (κ2) is 6.23.